The van der Waals surface area contributed by atoms with Gasteiger partial charge in [0, 0.05) is 38.4 Å². The van der Waals surface area contributed by atoms with Gasteiger partial charge in [-0.1, -0.05) is 12.1 Å². The number of piperazine rings is 1. The quantitative estimate of drug-likeness (QED) is 0.467. The number of hydrogen-bond acceptors (Lipinski definition) is 8. The molecule has 0 spiro atoms. The van der Waals surface area contributed by atoms with Crippen molar-refractivity contribution in [3.05, 3.63) is 60.4 Å². The number of carbonyl (C=O) groups excluding carboxylic acids is 1. The maximum Gasteiger partial charge on any atom is 0.252 e. The Morgan fingerprint density at radius 3 is 2.38 bits per heavy atom. The zero-order valence-corrected chi connectivity index (χ0v) is 19.8. The van der Waals surface area contributed by atoms with E-state index in [-0.39, 0.29) is 11.7 Å². The summed E-state index contributed by atoms with van der Waals surface area (Å²) in [7, 11) is 2.14. The first-order valence-corrected chi connectivity index (χ1v) is 11.4. The molecule has 0 unspecified atom stereocenters. The lowest BCUT2D eigenvalue weighted by Gasteiger charge is -2.33. The SMILES string of the molecule is CC(C)Oc1ccccc1Nc1cc(Nc2ccc(N3CCN(C)CC3)cn2)ncc1C(N)=O. The largest absolute Gasteiger partial charge is 0.489 e. The molecule has 1 aliphatic rings. The van der Waals surface area contributed by atoms with Crippen molar-refractivity contribution in [1.29, 1.82) is 0 Å². The maximum absolute atomic E-state index is 12.0. The second-order valence-electron chi connectivity index (χ2n) is 8.58. The van der Waals surface area contributed by atoms with Crippen LogP contribution in [0.15, 0.2) is 54.9 Å². The van der Waals surface area contributed by atoms with Crippen molar-refractivity contribution in [1.82, 2.24) is 14.9 Å². The van der Waals surface area contributed by atoms with Crippen LogP contribution in [0.1, 0.15) is 24.2 Å². The van der Waals surface area contributed by atoms with Crippen LogP contribution in [0.4, 0.5) is 28.7 Å². The highest BCUT2D eigenvalue weighted by atomic mass is 16.5. The van der Waals surface area contributed by atoms with Gasteiger partial charge in [0.2, 0.25) is 0 Å². The van der Waals surface area contributed by atoms with Crippen LogP contribution in [-0.2, 0) is 0 Å². The monoisotopic (exact) mass is 461 g/mol. The number of likely N-dealkylation sites (N-methyl/N-ethyl adjacent to an activating group) is 1. The fourth-order valence-electron chi connectivity index (χ4n) is 3.74. The first-order valence-electron chi connectivity index (χ1n) is 11.4. The van der Waals surface area contributed by atoms with Gasteiger partial charge in [0.1, 0.15) is 17.4 Å². The average Bonchev–Trinajstić information content (AvgIpc) is 2.81. The number of nitrogens with two attached hydrogens (primary N) is 1. The molecule has 3 heterocycles. The van der Waals surface area contributed by atoms with Crippen molar-refractivity contribution < 1.29 is 9.53 Å². The summed E-state index contributed by atoms with van der Waals surface area (Å²) in [5.74, 6) is 1.31. The highest BCUT2D eigenvalue weighted by molar-refractivity contribution is 5.99. The minimum atomic E-state index is -0.571. The molecule has 0 bridgehead atoms. The molecule has 2 aromatic heterocycles. The van der Waals surface area contributed by atoms with E-state index < -0.39 is 5.91 Å². The van der Waals surface area contributed by atoms with E-state index in [2.05, 4.69) is 43.5 Å². The Kier molecular flexibility index (Phi) is 7.12. The third kappa shape index (κ3) is 5.74. The number of para-hydroxylation sites is 2. The summed E-state index contributed by atoms with van der Waals surface area (Å²) in [5.41, 5.74) is 8.23. The summed E-state index contributed by atoms with van der Waals surface area (Å²) >= 11 is 0. The van der Waals surface area contributed by atoms with Crippen molar-refractivity contribution in [3.8, 4) is 5.75 Å². The average molecular weight is 462 g/mol. The van der Waals surface area contributed by atoms with Crippen LogP contribution in [0.3, 0.4) is 0 Å². The Morgan fingerprint density at radius 1 is 0.971 bits per heavy atom. The molecule has 0 aliphatic carbocycles. The molecule has 0 atom stereocenters. The van der Waals surface area contributed by atoms with Gasteiger partial charge in [0.15, 0.2) is 0 Å². The number of nitrogens with zero attached hydrogens (tertiary/aromatic N) is 4. The lowest BCUT2D eigenvalue weighted by atomic mass is 10.2. The Morgan fingerprint density at radius 2 is 1.71 bits per heavy atom. The van der Waals surface area contributed by atoms with E-state index in [1.807, 2.05) is 50.4 Å². The van der Waals surface area contributed by atoms with E-state index in [0.717, 1.165) is 37.6 Å². The summed E-state index contributed by atoms with van der Waals surface area (Å²) in [6, 6.07) is 13.3. The lowest BCUT2D eigenvalue weighted by Crippen LogP contribution is -2.44. The van der Waals surface area contributed by atoms with Crippen LogP contribution >= 0.6 is 0 Å². The van der Waals surface area contributed by atoms with Gasteiger partial charge in [-0.3, -0.25) is 4.79 Å². The predicted molar refractivity (Wildman–Crippen MR) is 135 cm³/mol. The van der Waals surface area contributed by atoms with Gasteiger partial charge in [-0.25, -0.2) is 9.97 Å². The number of hydrogen-bond donors (Lipinski definition) is 3. The second-order valence-corrected chi connectivity index (χ2v) is 8.58. The molecule has 1 aliphatic heterocycles. The van der Waals surface area contributed by atoms with Gasteiger partial charge in [0.05, 0.1) is 34.9 Å². The van der Waals surface area contributed by atoms with Crippen molar-refractivity contribution in [2.75, 3.05) is 48.8 Å². The first kappa shape index (κ1) is 23.3. The fraction of sp³-hybridized carbons (Fsp3) is 0.320. The van der Waals surface area contributed by atoms with Gasteiger partial charge in [-0.05, 0) is 45.2 Å². The van der Waals surface area contributed by atoms with Crippen molar-refractivity contribution >= 4 is 34.6 Å². The Hall–Kier alpha value is -3.85. The number of primary amides is 1. The first-order chi connectivity index (χ1) is 16.4. The standard InChI is InChI=1S/C25H31N7O2/c1-17(2)34-22-7-5-4-6-20(22)29-21-14-24(28-16-19(21)25(26)33)30-23-9-8-18(15-27-23)32-12-10-31(3)11-13-32/h4-9,14-17H,10-13H2,1-3H3,(H2,26,33)(H2,27,28,29,30). The normalized spacial score (nSPS) is 14.2. The molecule has 1 aromatic carbocycles. The molecule has 1 amide bonds. The van der Waals surface area contributed by atoms with Gasteiger partial charge in [-0.15, -0.1) is 0 Å². The summed E-state index contributed by atoms with van der Waals surface area (Å²) < 4.78 is 5.88. The van der Waals surface area contributed by atoms with Crippen LogP contribution in [0, 0.1) is 0 Å². The highest BCUT2D eigenvalue weighted by Gasteiger charge is 2.16. The van der Waals surface area contributed by atoms with E-state index in [1.54, 1.807) is 6.07 Å². The number of carbonyl (C=O) groups is 1. The fourth-order valence-corrected chi connectivity index (χ4v) is 3.74. The van der Waals surface area contributed by atoms with E-state index in [1.165, 1.54) is 6.20 Å². The number of aromatic nitrogens is 2. The molecule has 1 fully saturated rings. The van der Waals surface area contributed by atoms with Gasteiger partial charge in [0.25, 0.3) is 5.91 Å². The maximum atomic E-state index is 12.0. The van der Waals surface area contributed by atoms with Crippen molar-refractivity contribution in [3.63, 3.8) is 0 Å². The number of ether oxygens (including phenoxy) is 1. The van der Waals surface area contributed by atoms with Gasteiger partial charge >= 0.3 is 0 Å². The number of rotatable bonds is 8. The van der Waals surface area contributed by atoms with Crippen LogP contribution in [0.5, 0.6) is 5.75 Å². The van der Waals surface area contributed by atoms with Crippen LogP contribution in [-0.4, -0.2) is 60.1 Å². The minimum Gasteiger partial charge on any atom is -0.489 e. The Bertz CT molecular complexity index is 1130. The van der Waals surface area contributed by atoms with E-state index >= 15 is 0 Å². The molecule has 0 saturated carbocycles. The zero-order chi connectivity index (χ0) is 24.1. The summed E-state index contributed by atoms with van der Waals surface area (Å²) in [6.45, 7) is 7.97. The zero-order valence-electron chi connectivity index (χ0n) is 19.8. The highest BCUT2D eigenvalue weighted by Crippen LogP contribution is 2.31. The molecule has 0 radical (unpaired) electrons. The Balaban J connectivity index is 1.53. The second kappa shape index (κ2) is 10.4. The summed E-state index contributed by atoms with van der Waals surface area (Å²) in [5, 5.41) is 6.48. The summed E-state index contributed by atoms with van der Waals surface area (Å²) in [6.07, 6.45) is 3.33. The number of benzene rings is 1. The number of pyridine rings is 2. The topological polar surface area (TPSA) is 109 Å². The smallest absolute Gasteiger partial charge is 0.252 e. The van der Waals surface area contributed by atoms with Gasteiger partial charge in [-0.2, -0.15) is 0 Å². The molecule has 34 heavy (non-hydrogen) atoms. The van der Waals surface area contributed by atoms with Crippen molar-refractivity contribution in [2.45, 2.75) is 20.0 Å². The van der Waals surface area contributed by atoms with Crippen molar-refractivity contribution in [2.24, 2.45) is 5.73 Å². The van der Waals surface area contributed by atoms with Crippen LogP contribution in [0.2, 0.25) is 0 Å². The predicted octanol–water partition coefficient (Wildman–Crippen LogP) is 3.60. The summed E-state index contributed by atoms with van der Waals surface area (Å²) in [4.78, 5) is 25.6. The third-order valence-corrected chi connectivity index (χ3v) is 5.56. The molecule has 9 heteroatoms. The molecule has 178 valence electrons. The Labute approximate surface area is 199 Å². The molecule has 3 aromatic rings. The van der Waals surface area contributed by atoms with E-state index in [0.29, 0.717) is 23.1 Å². The molecule has 1 saturated heterocycles. The molecule has 4 rings (SSSR count). The lowest BCUT2D eigenvalue weighted by molar-refractivity contribution is 0.100. The number of anilines is 5. The van der Waals surface area contributed by atoms with E-state index in [9.17, 15) is 4.79 Å². The van der Waals surface area contributed by atoms with Crippen LogP contribution in [0.25, 0.3) is 0 Å². The third-order valence-electron chi connectivity index (χ3n) is 5.56. The number of amides is 1. The van der Waals surface area contributed by atoms with E-state index in [4.69, 9.17) is 10.5 Å². The molecular weight excluding hydrogens is 430 g/mol. The molecular formula is C25H31N7O2. The molecule has 4 N–H and O–H groups in total. The number of nitrogens with one attached hydrogen (secondary N) is 2. The van der Waals surface area contributed by atoms with Crippen LogP contribution < -0.4 is 26.0 Å². The van der Waals surface area contributed by atoms with Gasteiger partial charge < -0.3 is 30.9 Å². The molecule has 9 nitrogen and oxygen atoms in total. The minimum absolute atomic E-state index is 0.00752.